The number of hydrogen-bond acceptors (Lipinski definition) is 5. The van der Waals surface area contributed by atoms with Crippen LogP contribution in [0.15, 0.2) is 0 Å². The molecular weight excluding hydrogens is 378 g/mol. The van der Waals surface area contributed by atoms with Crippen molar-refractivity contribution in [3.8, 4) is 0 Å². The van der Waals surface area contributed by atoms with Gasteiger partial charge in [-0.15, -0.1) is 0 Å². The smallest absolute Gasteiger partial charge is 0.303 e. The fraction of sp³-hybridized carbons (Fsp3) is 0.958. The molecule has 0 fully saturated rings. The number of hydrogen-bond donors (Lipinski definition) is 5. The van der Waals surface area contributed by atoms with Gasteiger partial charge in [0.2, 0.25) is 0 Å². The van der Waals surface area contributed by atoms with Crippen molar-refractivity contribution < 1.29 is 15.0 Å². The number of unbranched alkanes of at least 4 members (excludes halogenated alkanes) is 9. The Morgan fingerprint density at radius 3 is 1.53 bits per heavy atom. The first-order valence-electron chi connectivity index (χ1n) is 12.3. The SMILES string of the molecule is CNC(NC)(NC)C(O)CC(CCCCCCCCCCCCC(C)C)CC(=O)O. The molecule has 0 saturated carbocycles. The summed E-state index contributed by atoms with van der Waals surface area (Å²) in [6, 6.07) is 0. The molecule has 0 rings (SSSR count). The van der Waals surface area contributed by atoms with Crippen LogP contribution >= 0.6 is 0 Å². The number of aliphatic hydroxyl groups is 1. The molecule has 0 amide bonds. The van der Waals surface area contributed by atoms with Crippen molar-refractivity contribution in [2.45, 2.75) is 116 Å². The summed E-state index contributed by atoms with van der Waals surface area (Å²) in [7, 11) is 5.32. The molecule has 2 atom stereocenters. The lowest BCUT2D eigenvalue weighted by Crippen LogP contribution is -2.70. The maximum Gasteiger partial charge on any atom is 0.303 e. The second kappa shape index (κ2) is 17.9. The van der Waals surface area contributed by atoms with Crippen molar-refractivity contribution in [3.05, 3.63) is 0 Å². The van der Waals surface area contributed by atoms with Gasteiger partial charge in [-0.2, -0.15) is 0 Å². The zero-order valence-corrected chi connectivity index (χ0v) is 20.4. The van der Waals surface area contributed by atoms with Crippen LogP contribution in [0.3, 0.4) is 0 Å². The lowest BCUT2D eigenvalue weighted by Gasteiger charge is -2.38. The summed E-state index contributed by atoms with van der Waals surface area (Å²) < 4.78 is 0. The van der Waals surface area contributed by atoms with Crippen LogP contribution in [0.5, 0.6) is 0 Å². The minimum Gasteiger partial charge on any atom is -0.481 e. The van der Waals surface area contributed by atoms with Crippen molar-refractivity contribution in [1.29, 1.82) is 0 Å². The van der Waals surface area contributed by atoms with Crippen LogP contribution in [0.2, 0.25) is 0 Å². The largest absolute Gasteiger partial charge is 0.481 e. The first-order chi connectivity index (χ1) is 14.3. The third-order valence-corrected chi connectivity index (χ3v) is 6.35. The summed E-state index contributed by atoms with van der Waals surface area (Å²) in [6.45, 7) is 4.60. The molecule has 0 aliphatic heterocycles. The number of aliphatic carboxylic acids is 1. The highest BCUT2D eigenvalue weighted by atomic mass is 16.4. The Morgan fingerprint density at radius 2 is 1.17 bits per heavy atom. The molecule has 0 heterocycles. The fourth-order valence-corrected chi connectivity index (χ4v) is 4.32. The molecule has 2 unspecified atom stereocenters. The molecule has 0 aromatic heterocycles. The molecule has 180 valence electrons. The van der Waals surface area contributed by atoms with E-state index >= 15 is 0 Å². The third kappa shape index (κ3) is 13.6. The van der Waals surface area contributed by atoms with Gasteiger partial charge in [0.05, 0.1) is 6.10 Å². The summed E-state index contributed by atoms with van der Waals surface area (Å²) in [5, 5.41) is 29.1. The second-order valence-electron chi connectivity index (χ2n) is 9.28. The number of likely N-dealkylation sites (N-methyl/N-ethyl adjacent to an activating group) is 3. The molecule has 0 radical (unpaired) electrons. The van der Waals surface area contributed by atoms with Crippen LogP contribution in [-0.4, -0.2) is 49.2 Å². The molecule has 0 saturated heterocycles. The van der Waals surface area contributed by atoms with E-state index in [9.17, 15) is 15.0 Å². The molecule has 0 bridgehead atoms. The number of aliphatic hydroxyl groups excluding tert-OH is 1. The van der Waals surface area contributed by atoms with Gasteiger partial charge in [-0.25, -0.2) is 0 Å². The Bertz CT molecular complexity index is 406. The maximum absolute atomic E-state index is 11.3. The van der Waals surface area contributed by atoms with Gasteiger partial charge in [-0.3, -0.25) is 20.7 Å². The van der Waals surface area contributed by atoms with Crippen LogP contribution in [0.4, 0.5) is 0 Å². The topological polar surface area (TPSA) is 93.6 Å². The van der Waals surface area contributed by atoms with E-state index in [0.717, 1.165) is 25.2 Å². The summed E-state index contributed by atoms with van der Waals surface area (Å²) in [4.78, 5) is 11.3. The van der Waals surface area contributed by atoms with Gasteiger partial charge in [0.1, 0.15) is 5.79 Å². The van der Waals surface area contributed by atoms with E-state index in [1.165, 1.54) is 57.8 Å². The van der Waals surface area contributed by atoms with Gasteiger partial charge in [-0.05, 0) is 45.8 Å². The molecule has 0 aliphatic carbocycles. The van der Waals surface area contributed by atoms with Gasteiger partial charge < -0.3 is 10.2 Å². The highest BCUT2D eigenvalue weighted by molar-refractivity contribution is 5.67. The van der Waals surface area contributed by atoms with Crippen molar-refractivity contribution in [3.63, 3.8) is 0 Å². The van der Waals surface area contributed by atoms with Crippen molar-refractivity contribution in [2.24, 2.45) is 11.8 Å². The average molecular weight is 430 g/mol. The van der Waals surface area contributed by atoms with Crippen molar-refractivity contribution in [2.75, 3.05) is 21.1 Å². The minimum atomic E-state index is -0.800. The number of nitrogens with one attached hydrogen (secondary N) is 3. The summed E-state index contributed by atoms with van der Waals surface area (Å²) in [6.07, 6.45) is 14.9. The van der Waals surface area contributed by atoms with Gasteiger partial charge >= 0.3 is 5.97 Å². The number of carbonyl (C=O) groups is 1. The monoisotopic (exact) mass is 429 g/mol. The zero-order valence-electron chi connectivity index (χ0n) is 20.4. The Morgan fingerprint density at radius 1 is 0.767 bits per heavy atom. The molecule has 6 heteroatoms. The average Bonchev–Trinajstić information content (AvgIpc) is 2.69. The van der Waals surface area contributed by atoms with E-state index in [1.807, 2.05) is 0 Å². The van der Waals surface area contributed by atoms with Crippen LogP contribution in [0.1, 0.15) is 104 Å². The summed E-state index contributed by atoms with van der Waals surface area (Å²) in [5.41, 5.74) is 0. The Kier molecular flexibility index (Phi) is 17.5. The molecule has 0 spiro atoms. The van der Waals surface area contributed by atoms with Gasteiger partial charge in [0, 0.05) is 6.42 Å². The first-order valence-corrected chi connectivity index (χ1v) is 12.3. The van der Waals surface area contributed by atoms with Gasteiger partial charge in [0.15, 0.2) is 0 Å². The van der Waals surface area contributed by atoms with Crippen LogP contribution < -0.4 is 16.0 Å². The van der Waals surface area contributed by atoms with E-state index in [4.69, 9.17) is 0 Å². The first kappa shape index (κ1) is 29.3. The Balaban J connectivity index is 3.99. The summed E-state index contributed by atoms with van der Waals surface area (Å²) >= 11 is 0. The van der Waals surface area contributed by atoms with Crippen molar-refractivity contribution >= 4 is 5.97 Å². The highest BCUT2D eigenvalue weighted by Gasteiger charge is 2.35. The zero-order chi connectivity index (χ0) is 22.8. The lowest BCUT2D eigenvalue weighted by molar-refractivity contribution is -0.138. The lowest BCUT2D eigenvalue weighted by atomic mass is 9.89. The normalized spacial score (nSPS) is 14.2. The number of rotatable bonds is 21. The van der Waals surface area contributed by atoms with Crippen LogP contribution in [-0.2, 0) is 4.79 Å². The Labute approximate surface area is 186 Å². The minimum absolute atomic E-state index is 0.0160. The quantitative estimate of drug-likeness (QED) is 0.136. The summed E-state index contributed by atoms with van der Waals surface area (Å²) in [5.74, 6) is -0.769. The molecular formula is C24H51N3O3. The maximum atomic E-state index is 11.3. The molecule has 30 heavy (non-hydrogen) atoms. The van der Waals surface area contributed by atoms with Gasteiger partial charge in [0.25, 0.3) is 0 Å². The fourth-order valence-electron chi connectivity index (χ4n) is 4.32. The standard InChI is InChI=1S/C24H51N3O3/c1-20(2)16-14-12-10-8-6-7-9-11-13-15-17-21(19-23(29)30)18-22(28)24(25-3,26-4)27-5/h20-22,25-28H,6-19H2,1-5H3,(H,29,30). The molecule has 6 nitrogen and oxygen atoms in total. The van der Waals surface area contributed by atoms with Crippen molar-refractivity contribution in [1.82, 2.24) is 16.0 Å². The van der Waals surface area contributed by atoms with E-state index in [1.54, 1.807) is 21.1 Å². The van der Waals surface area contributed by atoms with Crippen LogP contribution in [0.25, 0.3) is 0 Å². The predicted molar refractivity (Wildman–Crippen MR) is 127 cm³/mol. The van der Waals surface area contributed by atoms with E-state index in [2.05, 4.69) is 29.8 Å². The highest BCUT2D eigenvalue weighted by Crippen LogP contribution is 2.23. The second-order valence-corrected chi connectivity index (χ2v) is 9.28. The Hall–Kier alpha value is -0.690. The number of carboxylic acid groups (broad SMARTS) is 1. The molecule has 0 aromatic carbocycles. The third-order valence-electron chi connectivity index (χ3n) is 6.35. The predicted octanol–water partition coefficient (Wildman–Crippen LogP) is 4.48. The van der Waals surface area contributed by atoms with Gasteiger partial charge in [-0.1, -0.05) is 84.5 Å². The van der Waals surface area contributed by atoms with Crippen LogP contribution in [0, 0.1) is 11.8 Å². The number of carboxylic acids is 1. The van der Waals surface area contributed by atoms with E-state index in [0.29, 0.717) is 6.42 Å². The molecule has 0 aromatic rings. The molecule has 5 N–H and O–H groups in total. The molecule has 0 aliphatic rings. The van der Waals surface area contributed by atoms with E-state index in [-0.39, 0.29) is 12.3 Å². The van der Waals surface area contributed by atoms with E-state index < -0.39 is 17.9 Å².